The lowest BCUT2D eigenvalue weighted by Crippen LogP contribution is -2.47. The van der Waals surface area contributed by atoms with E-state index in [0.29, 0.717) is 43.0 Å². The molecule has 1 aromatic heterocycles. The van der Waals surface area contributed by atoms with Crippen molar-refractivity contribution in [3.8, 4) is 17.4 Å². The summed E-state index contributed by atoms with van der Waals surface area (Å²) >= 11 is 6.01. The first-order chi connectivity index (χ1) is 19.4. The molecule has 1 aliphatic rings. The van der Waals surface area contributed by atoms with Gasteiger partial charge in [-0.25, -0.2) is 14.5 Å². The van der Waals surface area contributed by atoms with Crippen LogP contribution >= 0.6 is 11.6 Å². The molecule has 41 heavy (non-hydrogen) atoms. The molecule has 1 amide bonds. The van der Waals surface area contributed by atoms with E-state index < -0.39 is 28.0 Å². The summed E-state index contributed by atoms with van der Waals surface area (Å²) in [4.78, 5) is 15.9. The molecule has 0 aliphatic carbocycles. The lowest BCUT2D eigenvalue weighted by Gasteiger charge is -2.23. The van der Waals surface area contributed by atoms with Crippen LogP contribution < -0.4 is 14.2 Å². The number of rotatable bonds is 14. The molecule has 11 nitrogen and oxygen atoms in total. The summed E-state index contributed by atoms with van der Waals surface area (Å²) in [5.41, 5.74) is -0.443. The van der Waals surface area contributed by atoms with Gasteiger partial charge in [-0.1, -0.05) is 17.7 Å². The minimum Gasteiger partial charge on any atom is -0.491 e. The molecule has 1 N–H and O–H groups in total. The van der Waals surface area contributed by atoms with Crippen molar-refractivity contribution >= 4 is 27.9 Å². The number of hydrogen-bond acceptors (Lipinski definition) is 9. The van der Waals surface area contributed by atoms with Gasteiger partial charge in [-0.05, 0) is 43.4 Å². The zero-order chi connectivity index (χ0) is 30.0. The van der Waals surface area contributed by atoms with Crippen LogP contribution in [0.5, 0.6) is 17.4 Å². The Bertz CT molecular complexity index is 1280. The number of alkyl halides is 3. The third kappa shape index (κ3) is 9.60. The lowest BCUT2D eigenvalue weighted by atomic mass is 10.1. The van der Waals surface area contributed by atoms with Gasteiger partial charge in [0.05, 0.1) is 25.4 Å². The average Bonchev–Trinajstić information content (AvgIpc) is 3.38. The molecule has 228 valence electrons. The van der Waals surface area contributed by atoms with Crippen molar-refractivity contribution in [3.05, 3.63) is 46.6 Å². The highest BCUT2D eigenvalue weighted by Crippen LogP contribution is 2.36. The monoisotopic (exact) mass is 625 g/mol. The van der Waals surface area contributed by atoms with Crippen LogP contribution in [-0.2, 0) is 37.0 Å². The predicted octanol–water partition coefficient (Wildman–Crippen LogP) is 4.59. The molecule has 1 fully saturated rings. The van der Waals surface area contributed by atoms with Crippen LogP contribution in [0, 0.1) is 0 Å². The third-order valence-electron chi connectivity index (χ3n) is 5.96. The van der Waals surface area contributed by atoms with Crippen molar-refractivity contribution in [2.24, 2.45) is 0 Å². The first-order valence-corrected chi connectivity index (χ1v) is 14.4. The van der Waals surface area contributed by atoms with Gasteiger partial charge in [0.2, 0.25) is 5.88 Å². The summed E-state index contributed by atoms with van der Waals surface area (Å²) in [5.74, 6) is 0.363. The first-order valence-electron chi connectivity index (χ1n) is 12.5. The molecular weight excluding hydrogens is 595 g/mol. The van der Waals surface area contributed by atoms with Crippen LogP contribution in [0.3, 0.4) is 0 Å². The molecule has 1 saturated heterocycles. The molecule has 0 saturated carbocycles. The third-order valence-corrected chi connectivity index (χ3v) is 7.76. The zero-order valence-corrected chi connectivity index (χ0v) is 24.0. The topological polar surface area (TPSA) is 126 Å². The van der Waals surface area contributed by atoms with Crippen LogP contribution in [0.25, 0.3) is 0 Å². The largest absolute Gasteiger partial charge is 0.491 e. The van der Waals surface area contributed by atoms with E-state index in [1.54, 1.807) is 12.1 Å². The molecule has 1 aliphatic heterocycles. The number of hydrogen-bond donors (Lipinski definition) is 1. The van der Waals surface area contributed by atoms with Crippen molar-refractivity contribution in [1.29, 1.82) is 0 Å². The number of aryl methyl sites for hydroxylation is 1. The highest BCUT2D eigenvalue weighted by atomic mass is 35.5. The van der Waals surface area contributed by atoms with Gasteiger partial charge in [0.15, 0.2) is 0 Å². The van der Waals surface area contributed by atoms with Crippen LogP contribution in [-0.4, -0.2) is 77.0 Å². The minimum absolute atomic E-state index is 0.131. The smallest absolute Gasteiger partial charge is 0.421 e. The van der Waals surface area contributed by atoms with Crippen LogP contribution in [0.4, 0.5) is 18.0 Å². The molecule has 0 bridgehead atoms. The number of pyridine rings is 1. The number of methoxy groups -OCH3 is 2. The average molecular weight is 626 g/mol. The molecule has 1 aromatic carbocycles. The Kier molecular flexibility index (Phi) is 11.8. The van der Waals surface area contributed by atoms with E-state index in [9.17, 15) is 26.4 Å². The van der Waals surface area contributed by atoms with Gasteiger partial charge in [0, 0.05) is 39.1 Å². The number of carbonyl (C=O) groups excluding carboxylic acids is 1. The Labute approximate surface area is 241 Å². The van der Waals surface area contributed by atoms with Gasteiger partial charge in [0.25, 0.3) is 0 Å². The number of nitrogens with one attached hydrogen (secondary N) is 1. The summed E-state index contributed by atoms with van der Waals surface area (Å²) in [6.45, 7) is 0.911. The fraction of sp³-hybridized carbons (Fsp3) is 0.520. The Morgan fingerprint density at radius 2 is 1.95 bits per heavy atom. The van der Waals surface area contributed by atoms with E-state index in [0.717, 1.165) is 0 Å². The second kappa shape index (κ2) is 14.9. The van der Waals surface area contributed by atoms with Gasteiger partial charge in [-0.15, -0.1) is 0 Å². The SMILES string of the molecule is COCCOc1ccc(CCCOC(=O)NS(=O)(=O)N2CCC[C@@H]2COC)c(Oc2ncc(C(F)(F)F)cc2Cl)c1. The van der Waals surface area contributed by atoms with Crippen molar-refractivity contribution in [3.63, 3.8) is 0 Å². The number of ether oxygens (including phenoxy) is 5. The zero-order valence-electron chi connectivity index (χ0n) is 22.4. The van der Waals surface area contributed by atoms with Crippen LogP contribution in [0.15, 0.2) is 30.5 Å². The van der Waals surface area contributed by atoms with Gasteiger partial charge >= 0.3 is 22.5 Å². The Balaban J connectivity index is 1.63. The molecular formula is C25H31ClF3N3O8S. The van der Waals surface area contributed by atoms with Crippen LogP contribution in [0.2, 0.25) is 5.02 Å². The standard InChI is InChI=1S/C25H31ClF3N3O8S/c1-36-11-12-38-20-8-7-17(22(14-20)40-23-21(26)13-18(15-30-23)25(27,28)29)5-4-10-39-24(33)31-41(34,35)32-9-3-6-19(32)16-37-2/h7-8,13-15,19H,3-6,9-12,16H2,1-2H3,(H,31,33)/t19-/m1/s1. The molecule has 0 radical (unpaired) electrons. The fourth-order valence-electron chi connectivity index (χ4n) is 4.03. The molecule has 2 aromatic rings. The van der Waals surface area contributed by atoms with Gasteiger partial charge in [-0.2, -0.15) is 25.9 Å². The van der Waals surface area contributed by atoms with Crippen molar-refractivity contribution < 1.29 is 50.1 Å². The minimum atomic E-state index is -4.62. The molecule has 2 heterocycles. The van der Waals surface area contributed by atoms with Crippen LogP contribution in [0.1, 0.15) is 30.4 Å². The van der Waals surface area contributed by atoms with E-state index in [4.69, 9.17) is 35.3 Å². The van der Waals surface area contributed by atoms with Crippen molar-refractivity contribution in [2.75, 3.05) is 47.2 Å². The maximum absolute atomic E-state index is 13.0. The summed E-state index contributed by atoms with van der Waals surface area (Å²) < 4.78 is 93.6. The van der Waals surface area contributed by atoms with Gasteiger partial charge in [-0.3, -0.25) is 0 Å². The molecule has 16 heteroatoms. The molecule has 0 unspecified atom stereocenters. The second-order valence-corrected chi connectivity index (χ2v) is 11.0. The lowest BCUT2D eigenvalue weighted by molar-refractivity contribution is -0.137. The summed E-state index contributed by atoms with van der Waals surface area (Å²) in [5, 5.41) is -0.344. The number of aromatic nitrogens is 1. The Hall–Kier alpha value is -2.85. The highest BCUT2D eigenvalue weighted by molar-refractivity contribution is 7.87. The highest BCUT2D eigenvalue weighted by Gasteiger charge is 2.35. The Morgan fingerprint density at radius 1 is 1.17 bits per heavy atom. The number of halogens is 4. The fourth-order valence-corrected chi connectivity index (χ4v) is 5.55. The van der Waals surface area contributed by atoms with Gasteiger partial charge in [0.1, 0.15) is 23.1 Å². The maximum Gasteiger partial charge on any atom is 0.421 e. The first kappa shape index (κ1) is 32.7. The number of carbonyl (C=O) groups is 1. The number of nitrogens with zero attached hydrogens (tertiary/aromatic N) is 2. The second-order valence-electron chi connectivity index (χ2n) is 8.93. The van der Waals surface area contributed by atoms with E-state index in [1.165, 1.54) is 24.6 Å². The van der Waals surface area contributed by atoms with E-state index >= 15 is 0 Å². The van der Waals surface area contributed by atoms with Crippen molar-refractivity contribution in [1.82, 2.24) is 14.0 Å². The van der Waals surface area contributed by atoms with Gasteiger partial charge < -0.3 is 23.7 Å². The molecule has 0 spiro atoms. The normalized spacial score (nSPS) is 16.0. The van der Waals surface area contributed by atoms with E-state index in [1.807, 2.05) is 4.72 Å². The quantitative estimate of drug-likeness (QED) is 0.300. The van der Waals surface area contributed by atoms with E-state index in [-0.39, 0.29) is 61.9 Å². The summed E-state index contributed by atoms with van der Waals surface area (Å²) in [6.07, 6.45) is -3.31. The number of benzene rings is 1. The molecule has 3 rings (SSSR count). The van der Waals surface area contributed by atoms with Crippen molar-refractivity contribution in [2.45, 2.75) is 37.9 Å². The number of amides is 1. The summed E-state index contributed by atoms with van der Waals surface area (Å²) in [6, 6.07) is 5.20. The predicted molar refractivity (Wildman–Crippen MR) is 141 cm³/mol. The maximum atomic E-state index is 13.0. The Morgan fingerprint density at radius 3 is 2.63 bits per heavy atom. The van der Waals surface area contributed by atoms with E-state index in [2.05, 4.69) is 4.98 Å². The summed E-state index contributed by atoms with van der Waals surface area (Å²) in [7, 11) is -1.11. The molecule has 1 atom stereocenters.